The Morgan fingerprint density at radius 2 is 2.00 bits per heavy atom. The van der Waals surface area contributed by atoms with Gasteiger partial charge in [-0.2, -0.15) is 11.8 Å². The van der Waals surface area contributed by atoms with E-state index in [0.717, 1.165) is 60.0 Å². The monoisotopic (exact) mass is 379 g/mol. The fourth-order valence-electron chi connectivity index (χ4n) is 3.10. The zero-order valence-corrected chi connectivity index (χ0v) is 14.9. The van der Waals surface area contributed by atoms with Crippen LogP contribution in [0.1, 0.15) is 30.5 Å². The SMILES string of the molecule is Fc1cc(-c2nc3c(c(NC4CC=CCC4)n2)CSC3)c(F)cc1Cl. The molecule has 2 aliphatic rings. The van der Waals surface area contributed by atoms with E-state index >= 15 is 0 Å². The lowest BCUT2D eigenvalue weighted by atomic mass is 10.0. The minimum Gasteiger partial charge on any atom is -0.367 e. The maximum absolute atomic E-state index is 14.3. The maximum Gasteiger partial charge on any atom is 0.164 e. The molecule has 1 atom stereocenters. The van der Waals surface area contributed by atoms with E-state index in [0.29, 0.717) is 6.04 Å². The largest absolute Gasteiger partial charge is 0.367 e. The van der Waals surface area contributed by atoms with Gasteiger partial charge in [0.05, 0.1) is 16.3 Å². The van der Waals surface area contributed by atoms with Crippen LogP contribution in [0.4, 0.5) is 14.6 Å². The summed E-state index contributed by atoms with van der Waals surface area (Å²) in [7, 11) is 0. The van der Waals surface area contributed by atoms with Crippen LogP contribution in [0.15, 0.2) is 24.3 Å². The second-order valence-electron chi connectivity index (χ2n) is 6.19. The summed E-state index contributed by atoms with van der Waals surface area (Å²) in [6.45, 7) is 0. The van der Waals surface area contributed by atoms with Crippen molar-refractivity contribution in [2.45, 2.75) is 36.8 Å². The Morgan fingerprint density at radius 1 is 1.12 bits per heavy atom. The number of rotatable bonds is 3. The van der Waals surface area contributed by atoms with Gasteiger partial charge in [0.25, 0.3) is 0 Å². The molecule has 25 heavy (non-hydrogen) atoms. The van der Waals surface area contributed by atoms with Gasteiger partial charge in [-0.15, -0.1) is 0 Å². The summed E-state index contributed by atoms with van der Waals surface area (Å²) in [6.07, 6.45) is 7.33. The molecule has 0 spiro atoms. The predicted octanol–water partition coefficient (Wildman–Crippen LogP) is 5.34. The summed E-state index contributed by atoms with van der Waals surface area (Å²) >= 11 is 7.40. The molecule has 7 heteroatoms. The number of nitrogens with zero attached hydrogens (tertiary/aromatic N) is 2. The van der Waals surface area contributed by atoms with Crippen molar-refractivity contribution in [1.82, 2.24) is 9.97 Å². The fourth-order valence-corrected chi connectivity index (χ4v) is 4.29. The summed E-state index contributed by atoms with van der Waals surface area (Å²) in [5.74, 6) is 1.22. The highest BCUT2D eigenvalue weighted by atomic mass is 35.5. The Hall–Kier alpha value is -1.66. The number of thioether (sulfide) groups is 1. The van der Waals surface area contributed by atoms with Crippen LogP contribution in [0.25, 0.3) is 11.4 Å². The molecular weight excluding hydrogens is 364 g/mol. The Kier molecular flexibility index (Phi) is 4.65. The molecule has 0 fully saturated rings. The minimum atomic E-state index is -0.677. The average Bonchev–Trinajstić information content (AvgIpc) is 3.08. The van der Waals surface area contributed by atoms with Crippen molar-refractivity contribution in [2.24, 2.45) is 0 Å². The molecule has 0 saturated carbocycles. The minimum absolute atomic E-state index is 0.0354. The van der Waals surface area contributed by atoms with E-state index in [9.17, 15) is 8.78 Å². The number of aromatic nitrogens is 2. The van der Waals surface area contributed by atoms with Crippen LogP contribution < -0.4 is 5.32 Å². The Labute approximate surface area is 153 Å². The standard InChI is InChI=1S/C18H16ClF2N3S/c19-13-7-14(20)11(6-15(13)21)17-23-16-9-25-8-12(16)18(24-17)22-10-4-2-1-3-5-10/h1-2,6-7,10H,3-5,8-9H2,(H,22,23,24). The molecule has 3 nitrogen and oxygen atoms in total. The van der Waals surface area contributed by atoms with E-state index in [2.05, 4.69) is 27.4 Å². The topological polar surface area (TPSA) is 37.8 Å². The van der Waals surface area contributed by atoms with Crippen molar-refractivity contribution in [2.75, 3.05) is 5.32 Å². The number of allylic oxidation sites excluding steroid dienone is 1. The smallest absolute Gasteiger partial charge is 0.164 e. The number of hydrogen-bond donors (Lipinski definition) is 1. The van der Waals surface area contributed by atoms with Crippen molar-refractivity contribution in [3.05, 3.63) is 52.2 Å². The maximum atomic E-state index is 14.3. The number of anilines is 1. The highest BCUT2D eigenvalue weighted by molar-refractivity contribution is 7.98. The first kappa shape index (κ1) is 16.8. The van der Waals surface area contributed by atoms with Crippen molar-refractivity contribution in [3.8, 4) is 11.4 Å². The van der Waals surface area contributed by atoms with Gasteiger partial charge >= 0.3 is 0 Å². The van der Waals surface area contributed by atoms with Gasteiger partial charge < -0.3 is 5.32 Å². The van der Waals surface area contributed by atoms with E-state index in [1.165, 1.54) is 0 Å². The third-order valence-corrected chi connectivity index (χ3v) is 5.70. The molecule has 2 aromatic rings. The molecule has 0 radical (unpaired) electrons. The zero-order chi connectivity index (χ0) is 17.4. The highest BCUT2D eigenvalue weighted by Crippen LogP contribution is 2.36. The number of hydrogen-bond acceptors (Lipinski definition) is 4. The first-order valence-corrected chi connectivity index (χ1v) is 9.69. The molecular formula is C18H16ClF2N3S. The first-order chi connectivity index (χ1) is 12.1. The van der Waals surface area contributed by atoms with Crippen LogP contribution in [0.5, 0.6) is 0 Å². The Bertz CT molecular complexity index is 857. The third-order valence-electron chi connectivity index (χ3n) is 4.44. The van der Waals surface area contributed by atoms with Crippen LogP contribution >= 0.6 is 23.4 Å². The van der Waals surface area contributed by atoms with Gasteiger partial charge in [0.1, 0.15) is 17.5 Å². The van der Waals surface area contributed by atoms with Crippen LogP contribution in [0.2, 0.25) is 5.02 Å². The second kappa shape index (κ2) is 6.92. The second-order valence-corrected chi connectivity index (χ2v) is 7.58. The van der Waals surface area contributed by atoms with Crippen molar-refractivity contribution >= 4 is 29.2 Å². The van der Waals surface area contributed by atoms with Crippen LogP contribution in [-0.4, -0.2) is 16.0 Å². The molecule has 1 N–H and O–H groups in total. The van der Waals surface area contributed by atoms with Gasteiger partial charge in [-0.05, 0) is 31.4 Å². The van der Waals surface area contributed by atoms with E-state index in [-0.39, 0.29) is 16.4 Å². The third kappa shape index (κ3) is 3.37. The van der Waals surface area contributed by atoms with Crippen molar-refractivity contribution in [3.63, 3.8) is 0 Å². The quantitative estimate of drug-likeness (QED) is 0.576. The van der Waals surface area contributed by atoms with E-state index in [1.807, 2.05) is 0 Å². The lowest BCUT2D eigenvalue weighted by Crippen LogP contribution is -2.22. The Morgan fingerprint density at radius 3 is 2.80 bits per heavy atom. The predicted molar refractivity (Wildman–Crippen MR) is 97.8 cm³/mol. The lowest BCUT2D eigenvalue weighted by Gasteiger charge is -2.22. The molecule has 1 aromatic heterocycles. The van der Waals surface area contributed by atoms with Crippen LogP contribution in [-0.2, 0) is 11.5 Å². The van der Waals surface area contributed by atoms with Gasteiger partial charge in [0, 0.05) is 23.1 Å². The average molecular weight is 380 g/mol. The molecule has 0 bridgehead atoms. The fraction of sp³-hybridized carbons (Fsp3) is 0.333. The van der Waals surface area contributed by atoms with E-state index in [1.54, 1.807) is 11.8 Å². The normalized spacial score (nSPS) is 19.1. The first-order valence-electron chi connectivity index (χ1n) is 8.16. The summed E-state index contributed by atoms with van der Waals surface area (Å²) in [5.41, 5.74) is 1.99. The van der Waals surface area contributed by atoms with Gasteiger partial charge in [0.2, 0.25) is 0 Å². The van der Waals surface area contributed by atoms with E-state index in [4.69, 9.17) is 11.6 Å². The molecule has 1 aromatic carbocycles. The summed E-state index contributed by atoms with van der Waals surface area (Å²) in [5, 5.41) is 3.23. The van der Waals surface area contributed by atoms with Crippen molar-refractivity contribution < 1.29 is 8.78 Å². The Balaban J connectivity index is 1.75. The summed E-state index contributed by atoms with van der Waals surface area (Å²) < 4.78 is 28.1. The highest BCUT2D eigenvalue weighted by Gasteiger charge is 2.23. The van der Waals surface area contributed by atoms with Crippen LogP contribution in [0.3, 0.4) is 0 Å². The lowest BCUT2D eigenvalue weighted by molar-refractivity contribution is 0.602. The number of benzene rings is 1. The molecule has 4 rings (SSSR count). The zero-order valence-electron chi connectivity index (χ0n) is 13.4. The molecule has 0 saturated heterocycles. The van der Waals surface area contributed by atoms with Gasteiger partial charge in [-0.25, -0.2) is 18.7 Å². The van der Waals surface area contributed by atoms with Gasteiger partial charge in [-0.1, -0.05) is 23.8 Å². The van der Waals surface area contributed by atoms with Crippen molar-refractivity contribution in [1.29, 1.82) is 0 Å². The molecule has 130 valence electrons. The molecule has 0 amide bonds. The molecule has 1 aliphatic heterocycles. The number of nitrogens with one attached hydrogen (secondary N) is 1. The molecule has 2 heterocycles. The van der Waals surface area contributed by atoms with Gasteiger partial charge in [-0.3, -0.25) is 0 Å². The molecule has 1 aliphatic carbocycles. The number of fused-ring (bicyclic) bond motifs is 1. The van der Waals surface area contributed by atoms with Crippen LogP contribution in [0, 0.1) is 11.6 Å². The molecule has 1 unspecified atom stereocenters. The summed E-state index contributed by atoms with van der Waals surface area (Å²) in [6, 6.07) is 2.33. The van der Waals surface area contributed by atoms with Gasteiger partial charge in [0.15, 0.2) is 5.82 Å². The summed E-state index contributed by atoms with van der Waals surface area (Å²) in [4.78, 5) is 9.00. The number of halogens is 3. The van der Waals surface area contributed by atoms with E-state index < -0.39 is 11.6 Å².